The summed E-state index contributed by atoms with van der Waals surface area (Å²) in [4.78, 5) is 31.4. The van der Waals surface area contributed by atoms with Gasteiger partial charge >= 0.3 is 6.09 Å². The highest BCUT2D eigenvalue weighted by Gasteiger charge is 2.32. The highest BCUT2D eigenvalue weighted by atomic mass is 32.2. The van der Waals surface area contributed by atoms with Crippen molar-refractivity contribution in [3.63, 3.8) is 0 Å². The van der Waals surface area contributed by atoms with Gasteiger partial charge in [0.1, 0.15) is 6.10 Å². The molecule has 0 saturated carbocycles. The predicted molar refractivity (Wildman–Crippen MR) is 126 cm³/mol. The molecule has 0 unspecified atom stereocenters. The molecular weight excluding hydrogens is 424 g/mol. The van der Waals surface area contributed by atoms with E-state index < -0.39 is 0 Å². The number of pyridine rings is 1. The van der Waals surface area contributed by atoms with Gasteiger partial charge in [0, 0.05) is 34.6 Å². The fourth-order valence-corrected chi connectivity index (χ4v) is 4.76. The van der Waals surface area contributed by atoms with Crippen molar-refractivity contribution in [3.8, 4) is 0 Å². The lowest BCUT2D eigenvalue weighted by Crippen LogP contribution is -2.27. The number of hydrogen-bond donors (Lipinski definition) is 2. The fraction of sp³-hybridized carbons (Fsp3) is 0.292. The molecule has 0 spiro atoms. The number of hydrogen-bond acceptors (Lipinski definition) is 6. The van der Waals surface area contributed by atoms with Crippen LogP contribution in [0.15, 0.2) is 59.5 Å². The molecule has 32 heavy (non-hydrogen) atoms. The number of carbonyl (C=O) groups excluding carboxylic acids is 2. The van der Waals surface area contributed by atoms with Crippen LogP contribution >= 0.6 is 11.8 Å². The van der Waals surface area contributed by atoms with E-state index in [0.717, 1.165) is 58.8 Å². The van der Waals surface area contributed by atoms with Crippen LogP contribution in [0.5, 0.6) is 0 Å². The van der Waals surface area contributed by atoms with Crippen LogP contribution in [-0.2, 0) is 16.0 Å². The summed E-state index contributed by atoms with van der Waals surface area (Å²) < 4.78 is 5.55. The first-order valence-corrected chi connectivity index (χ1v) is 11.7. The van der Waals surface area contributed by atoms with E-state index in [-0.39, 0.29) is 18.1 Å². The van der Waals surface area contributed by atoms with Crippen molar-refractivity contribution >= 4 is 46.0 Å². The summed E-state index contributed by atoms with van der Waals surface area (Å²) in [7, 11) is 0. The van der Waals surface area contributed by atoms with Gasteiger partial charge in [0.15, 0.2) is 0 Å². The Kier molecular flexibility index (Phi) is 5.96. The average molecular weight is 449 g/mol. The fourth-order valence-electron chi connectivity index (χ4n) is 3.97. The number of para-hydroxylation sites is 1. The monoisotopic (exact) mass is 448 g/mol. The second-order valence-electron chi connectivity index (χ2n) is 7.92. The number of fused-ring (bicyclic) bond motifs is 2. The van der Waals surface area contributed by atoms with Gasteiger partial charge in [-0.2, -0.15) is 0 Å². The van der Waals surface area contributed by atoms with E-state index in [1.807, 2.05) is 36.4 Å². The van der Waals surface area contributed by atoms with Crippen LogP contribution in [0.1, 0.15) is 12.1 Å². The zero-order valence-electron chi connectivity index (χ0n) is 17.5. The van der Waals surface area contributed by atoms with Crippen LogP contribution in [0.3, 0.4) is 0 Å². The number of anilines is 2. The molecular formula is C24H24N4O3S. The van der Waals surface area contributed by atoms with Gasteiger partial charge in [-0.1, -0.05) is 24.3 Å². The van der Waals surface area contributed by atoms with Crippen LogP contribution in [0.25, 0.3) is 10.9 Å². The number of nitrogens with zero attached hydrogens (tertiary/aromatic N) is 2. The molecule has 3 heterocycles. The first-order valence-electron chi connectivity index (χ1n) is 10.8. The van der Waals surface area contributed by atoms with E-state index >= 15 is 0 Å². The summed E-state index contributed by atoms with van der Waals surface area (Å²) in [5, 5.41) is 7.44. The average Bonchev–Trinajstić information content (AvgIpc) is 3.18. The van der Waals surface area contributed by atoms with Gasteiger partial charge < -0.3 is 15.4 Å². The lowest BCUT2D eigenvalue weighted by atomic mass is 10.2. The molecule has 3 aromatic rings. The van der Waals surface area contributed by atoms with Crippen molar-refractivity contribution in [2.45, 2.75) is 23.8 Å². The molecule has 5 rings (SSSR count). The third-order valence-electron chi connectivity index (χ3n) is 5.64. The summed E-state index contributed by atoms with van der Waals surface area (Å²) >= 11 is 1.50. The SMILES string of the molecule is O=C1CSc2ccc(N3C[C@@H](CCNCCc4ccc5ccccc5n4)OC3=O)cc2N1. The van der Waals surface area contributed by atoms with Crippen LogP contribution in [0.2, 0.25) is 0 Å². The Morgan fingerprint density at radius 1 is 1.12 bits per heavy atom. The quantitative estimate of drug-likeness (QED) is 0.535. The van der Waals surface area contributed by atoms with E-state index in [2.05, 4.69) is 28.8 Å². The lowest BCUT2D eigenvalue weighted by molar-refractivity contribution is -0.113. The standard InChI is InChI=1S/C24H24N4O3S/c29-23-15-32-22-8-7-18(13-21(22)27-23)28-14-19(31-24(28)30)10-12-25-11-9-17-6-5-16-3-1-2-4-20(16)26-17/h1-8,13,19,25H,9-12,14-15H2,(H,27,29)/t19-/m1/s1. The van der Waals surface area contributed by atoms with Crippen LogP contribution in [0.4, 0.5) is 16.2 Å². The Hall–Kier alpha value is -3.10. The molecule has 2 amide bonds. The number of ether oxygens (including phenoxy) is 1. The number of cyclic esters (lactones) is 1. The molecule has 1 aromatic heterocycles. The van der Waals surface area contributed by atoms with Gasteiger partial charge in [0.05, 0.1) is 23.5 Å². The summed E-state index contributed by atoms with van der Waals surface area (Å²) in [6.45, 7) is 2.08. The molecule has 8 heteroatoms. The topological polar surface area (TPSA) is 83.6 Å². The molecule has 2 aromatic carbocycles. The number of carbonyl (C=O) groups is 2. The van der Waals surface area contributed by atoms with Crippen molar-refractivity contribution in [2.24, 2.45) is 0 Å². The Balaban J connectivity index is 1.10. The van der Waals surface area contributed by atoms with Crippen molar-refractivity contribution in [1.82, 2.24) is 10.3 Å². The number of aromatic nitrogens is 1. The molecule has 7 nitrogen and oxygen atoms in total. The number of benzene rings is 2. The Bertz CT molecular complexity index is 1170. The highest BCUT2D eigenvalue weighted by molar-refractivity contribution is 8.00. The van der Waals surface area contributed by atoms with Gasteiger partial charge in [-0.15, -0.1) is 11.8 Å². The van der Waals surface area contributed by atoms with Crippen LogP contribution < -0.4 is 15.5 Å². The number of rotatable bonds is 7. The predicted octanol–water partition coefficient (Wildman–Crippen LogP) is 3.83. The number of thioether (sulfide) groups is 1. The molecule has 2 N–H and O–H groups in total. The molecule has 2 aliphatic heterocycles. The maximum Gasteiger partial charge on any atom is 0.414 e. The molecule has 1 atom stereocenters. The van der Waals surface area contributed by atoms with Crippen molar-refractivity contribution in [2.75, 3.05) is 35.6 Å². The Morgan fingerprint density at radius 3 is 2.97 bits per heavy atom. The Labute approximate surface area is 190 Å². The van der Waals surface area contributed by atoms with Crippen LogP contribution in [0, 0.1) is 0 Å². The molecule has 0 radical (unpaired) electrons. The molecule has 164 valence electrons. The molecule has 0 bridgehead atoms. The van der Waals surface area contributed by atoms with Gasteiger partial charge in [0.25, 0.3) is 0 Å². The van der Waals surface area contributed by atoms with Crippen molar-refractivity contribution in [1.29, 1.82) is 0 Å². The normalized spacial score (nSPS) is 17.9. The second-order valence-corrected chi connectivity index (χ2v) is 8.93. The van der Waals surface area contributed by atoms with Gasteiger partial charge in [-0.25, -0.2) is 4.79 Å². The number of nitrogens with one attached hydrogen (secondary N) is 2. The Morgan fingerprint density at radius 2 is 2.03 bits per heavy atom. The minimum absolute atomic E-state index is 0.0218. The van der Waals surface area contributed by atoms with E-state index in [1.54, 1.807) is 4.90 Å². The smallest absolute Gasteiger partial charge is 0.414 e. The minimum atomic E-state index is -0.342. The first kappa shape index (κ1) is 20.8. The van der Waals surface area contributed by atoms with Crippen molar-refractivity contribution < 1.29 is 14.3 Å². The summed E-state index contributed by atoms with van der Waals surface area (Å²) in [6.07, 6.45) is 1.09. The minimum Gasteiger partial charge on any atom is -0.444 e. The van der Waals surface area contributed by atoms with E-state index in [9.17, 15) is 9.59 Å². The zero-order valence-corrected chi connectivity index (χ0v) is 18.4. The van der Waals surface area contributed by atoms with Crippen molar-refractivity contribution in [3.05, 3.63) is 60.3 Å². The van der Waals surface area contributed by atoms with E-state index in [4.69, 9.17) is 9.72 Å². The third-order valence-corrected chi connectivity index (χ3v) is 6.71. The largest absolute Gasteiger partial charge is 0.444 e. The maximum absolute atomic E-state index is 12.4. The van der Waals surface area contributed by atoms with E-state index in [0.29, 0.717) is 12.3 Å². The maximum atomic E-state index is 12.4. The summed E-state index contributed by atoms with van der Waals surface area (Å²) in [5.41, 5.74) is 3.58. The summed E-state index contributed by atoms with van der Waals surface area (Å²) in [6, 6.07) is 18.0. The molecule has 1 fully saturated rings. The second kappa shape index (κ2) is 9.18. The van der Waals surface area contributed by atoms with Crippen LogP contribution in [-0.4, -0.2) is 48.5 Å². The van der Waals surface area contributed by atoms with Gasteiger partial charge in [-0.05, 0) is 43.3 Å². The molecule has 1 saturated heterocycles. The molecule has 2 aliphatic rings. The zero-order chi connectivity index (χ0) is 21.9. The number of amides is 2. The van der Waals surface area contributed by atoms with Gasteiger partial charge in [0.2, 0.25) is 5.91 Å². The molecule has 0 aliphatic carbocycles. The first-order chi connectivity index (χ1) is 15.7. The highest BCUT2D eigenvalue weighted by Crippen LogP contribution is 2.35. The lowest BCUT2D eigenvalue weighted by Gasteiger charge is -2.20. The van der Waals surface area contributed by atoms with E-state index in [1.165, 1.54) is 11.8 Å². The third kappa shape index (κ3) is 4.56. The van der Waals surface area contributed by atoms with Gasteiger partial charge in [-0.3, -0.25) is 14.7 Å². The summed E-state index contributed by atoms with van der Waals surface area (Å²) in [5.74, 6) is 0.399.